The number of nitrogens with one attached hydrogen (secondary N) is 1. The summed E-state index contributed by atoms with van der Waals surface area (Å²) in [6.45, 7) is 9.33. The van der Waals surface area contributed by atoms with Crippen LogP contribution in [-0.4, -0.2) is 30.1 Å². The number of benzene rings is 1. The van der Waals surface area contributed by atoms with Crippen LogP contribution in [0.5, 0.6) is 0 Å². The molecule has 0 bridgehead atoms. The van der Waals surface area contributed by atoms with E-state index in [0.717, 1.165) is 31.5 Å². The average molecular weight is 313 g/mol. The summed E-state index contributed by atoms with van der Waals surface area (Å²) < 4.78 is 14.0. The van der Waals surface area contributed by atoms with E-state index in [4.69, 9.17) is 11.6 Å². The van der Waals surface area contributed by atoms with Gasteiger partial charge in [0.1, 0.15) is 5.82 Å². The van der Waals surface area contributed by atoms with Crippen LogP contribution in [0.3, 0.4) is 0 Å². The van der Waals surface area contributed by atoms with Gasteiger partial charge in [0.15, 0.2) is 0 Å². The van der Waals surface area contributed by atoms with Gasteiger partial charge in [-0.25, -0.2) is 4.39 Å². The molecule has 3 unspecified atom stereocenters. The largest absolute Gasteiger partial charge is 0.311 e. The topological polar surface area (TPSA) is 15.3 Å². The number of nitrogens with zero attached hydrogens (tertiary/aromatic N) is 1. The molecule has 4 heteroatoms. The van der Waals surface area contributed by atoms with Gasteiger partial charge in [0, 0.05) is 42.3 Å². The summed E-state index contributed by atoms with van der Waals surface area (Å²) in [5.74, 6) is 0.441. The Kier molecular flexibility index (Phi) is 6.03. The molecule has 1 heterocycles. The second kappa shape index (κ2) is 7.57. The molecule has 0 saturated carbocycles. The Balaban J connectivity index is 2.10. The molecule has 1 N–H and O–H groups in total. The Morgan fingerprint density at radius 1 is 1.43 bits per heavy atom. The van der Waals surface area contributed by atoms with Gasteiger partial charge < -0.3 is 5.32 Å². The molecule has 1 aromatic carbocycles. The first-order valence-electron chi connectivity index (χ1n) is 7.96. The van der Waals surface area contributed by atoms with E-state index in [9.17, 15) is 4.39 Å². The summed E-state index contributed by atoms with van der Waals surface area (Å²) in [6, 6.07) is 5.96. The first-order valence-corrected chi connectivity index (χ1v) is 8.34. The SMILES string of the molecule is CCC(C)C1CN(Cc2ccc(Cl)cc2F)C(CC)CN1. The van der Waals surface area contributed by atoms with Gasteiger partial charge in [0.25, 0.3) is 0 Å². The van der Waals surface area contributed by atoms with Crippen LogP contribution in [0, 0.1) is 11.7 Å². The molecule has 2 nitrogen and oxygen atoms in total. The fraction of sp³-hybridized carbons (Fsp3) is 0.647. The summed E-state index contributed by atoms with van der Waals surface area (Å²) >= 11 is 5.84. The minimum absolute atomic E-state index is 0.198. The molecule has 1 aliphatic rings. The van der Waals surface area contributed by atoms with Gasteiger partial charge in [-0.2, -0.15) is 0 Å². The fourth-order valence-corrected chi connectivity index (χ4v) is 3.17. The molecule has 1 fully saturated rings. The molecule has 1 aliphatic heterocycles. The Morgan fingerprint density at radius 3 is 2.81 bits per heavy atom. The molecular formula is C17H26ClFN2. The number of rotatable bonds is 5. The summed E-state index contributed by atoms with van der Waals surface area (Å²) in [5, 5.41) is 4.11. The standard InChI is InChI=1S/C17H26ClFN2/c1-4-12(3)17-11-21(15(5-2)9-20-17)10-13-6-7-14(18)8-16(13)19/h6-8,12,15,17,20H,4-5,9-11H2,1-3H3. The number of piperazine rings is 1. The molecule has 0 aliphatic carbocycles. The first-order chi connectivity index (χ1) is 10.0. The zero-order valence-electron chi connectivity index (χ0n) is 13.2. The third-order valence-electron chi connectivity index (χ3n) is 4.75. The molecule has 2 rings (SSSR count). The molecule has 118 valence electrons. The van der Waals surface area contributed by atoms with Crippen LogP contribution < -0.4 is 5.32 Å². The molecule has 3 atom stereocenters. The Labute approximate surface area is 132 Å². The normalized spacial score (nSPS) is 25.0. The third-order valence-corrected chi connectivity index (χ3v) is 4.99. The van der Waals surface area contributed by atoms with Gasteiger partial charge in [-0.1, -0.05) is 44.9 Å². The van der Waals surface area contributed by atoms with Crippen molar-refractivity contribution in [1.82, 2.24) is 10.2 Å². The van der Waals surface area contributed by atoms with E-state index in [1.54, 1.807) is 6.07 Å². The van der Waals surface area contributed by atoms with Crippen molar-refractivity contribution >= 4 is 11.6 Å². The molecule has 0 spiro atoms. The van der Waals surface area contributed by atoms with E-state index in [1.165, 1.54) is 6.07 Å². The molecular weight excluding hydrogens is 287 g/mol. The van der Waals surface area contributed by atoms with Crippen molar-refractivity contribution < 1.29 is 4.39 Å². The predicted molar refractivity (Wildman–Crippen MR) is 87.1 cm³/mol. The van der Waals surface area contributed by atoms with Gasteiger partial charge in [-0.3, -0.25) is 4.90 Å². The second-order valence-corrected chi connectivity index (χ2v) is 6.56. The van der Waals surface area contributed by atoms with Crippen LogP contribution >= 0.6 is 11.6 Å². The Hall–Kier alpha value is -0.640. The minimum Gasteiger partial charge on any atom is -0.311 e. The Bertz CT molecular complexity index is 466. The maximum atomic E-state index is 14.0. The highest BCUT2D eigenvalue weighted by Crippen LogP contribution is 2.22. The van der Waals surface area contributed by atoms with Crippen molar-refractivity contribution in [1.29, 1.82) is 0 Å². The van der Waals surface area contributed by atoms with Crippen molar-refractivity contribution in [3.8, 4) is 0 Å². The van der Waals surface area contributed by atoms with Crippen molar-refractivity contribution in [3.63, 3.8) is 0 Å². The maximum absolute atomic E-state index is 14.0. The number of hydrogen-bond donors (Lipinski definition) is 1. The molecule has 0 amide bonds. The Morgan fingerprint density at radius 2 is 2.19 bits per heavy atom. The summed E-state index contributed by atoms with van der Waals surface area (Å²) in [5.41, 5.74) is 0.739. The van der Waals surface area contributed by atoms with Gasteiger partial charge in [-0.05, 0) is 24.5 Å². The van der Waals surface area contributed by atoms with E-state index in [1.807, 2.05) is 6.07 Å². The van der Waals surface area contributed by atoms with Crippen LogP contribution in [0.2, 0.25) is 5.02 Å². The molecule has 1 saturated heterocycles. The van der Waals surface area contributed by atoms with Crippen molar-refractivity contribution in [2.45, 2.75) is 52.2 Å². The van der Waals surface area contributed by atoms with Crippen LogP contribution in [0.25, 0.3) is 0 Å². The van der Waals surface area contributed by atoms with E-state index < -0.39 is 0 Å². The monoisotopic (exact) mass is 312 g/mol. The van der Waals surface area contributed by atoms with Crippen LogP contribution in [0.15, 0.2) is 18.2 Å². The zero-order chi connectivity index (χ0) is 15.4. The molecule has 0 radical (unpaired) electrons. The quantitative estimate of drug-likeness (QED) is 0.881. The van der Waals surface area contributed by atoms with E-state index >= 15 is 0 Å². The smallest absolute Gasteiger partial charge is 0.129 e. The first kappa shape index (κ1) is 16.7. The fourth-order valence-electron chi connectivity index (χ4n) is 3.01. The maximum Gasteiger partial charge on any atom is 0.129 e. The average Bonchev–Trinajstić information content (AvgIpc) is 2.49. The van der Waals surface area contributed by atoms with Gasteiger partial charge in [0.05, 0.1) is 0 Å². The van der Waals surface area contributed by atoms with Gasteiger partial charge >= 0.3 is 0 Å². The van der Waals surface area contributed by atoms with E-state index in [2.05, 4.69) is 31.0 Å². The highest BCUT2D eigenvalue weighted by Gasteiger charge is 2.29. The zero-order valence-corrected chi connectivity index (χ0v) is 14.0. The van der Waals surface area contributed by atoms with Crippen LogP contribution in [0.1, 0.15) is 39.2 Å². The van der Waals surface area contributed by atoms with Crippen LogP contribution in [0.4, 0.5) is 4.39 Å². The van der Waals surface area contributed by atoms with Crippen LogP contribution in [-0.2, 0) is 6.54 Å². The van der Waals surface area contributed by atoms with E-state index in [-0.39, 0.29) is 5.82 Å². The molecule has 1 aromatic rings. The number of hydrogen-bond acceptors (Lipinski definition) is 2. The molecule has 21 heavy (non-hydrogen) atoms. The summed E-state index contributed by atoms with van der Waals surface area (Å²) in [4.78, 5) is 2.42. The lowest BCUT2D eigenvalue weighted by molar-refractivity contribution is 0.0982. The lowest BCUT2D eigenvalue weighted by Gasteiger charge is -2.42. The minimum atomic E-state index is -0.198. The van der Waals surface area contributed by atoms with Crippen molar-refractivity contribution in [3.05, 3.63) is 34.6 Å². The third kappa shape index (κ3) is 4.18. The lowest BCUT2D eigenvalue weighted by atomic mass is 9.94. The predicted octanol–water partition coefficient (Wildman–Crippen LogP) is 4.08. The van der Waals surface area contributed by atoms with Crippen molar-refractivity contribution in [2.75, 3.05) is 13.1 Å². The van der Waals surface area contributed by atoms with Gasteiger partial charge in [0.2, 0.25) is 0 Å². The summed E-state index contributed by atoms with van der Waals surface area (Å²) in [6.07, 6.45) is 2.24. The van der Waals surface area contributed by atoms with Crippen molar-refractivity contribution in [2.24, 2.45) is 5.92 Å². The lowest BCUT2D eigenvalue weighted by Crippen LogP contribution is -2.57. The highest BCUT2D eigenvalue weighted by atomic mass is 35.5. The second-order valence-electron chi connectivity index (χ2n) is 6.13. The van der Waals surface area contributed by atoms with E-state index in [0.29, 0.717) is 29.6 Å². The molecule has 0 aromatic heterocycles. The highest BCUT2D eigenvalue weighted by molar-refractivity contribution is 6.30. The van der Waals surface area contributed by atoms with Gasteiger partial charge in [-0.15, -0.1) is 0 Å². The number of halogens is 2. The summed E-state index contributed by atoms with van der Waals surface area (Å²) in [7, 11) is 0.